The average molecular weight is 295 g/mol. The van der Waals surface area contributed by atoms with Crippen LogP contribution < -0.4 is 5.32 Å². The quantitative estimate of drug-likeness (QED) is 0.819. The third kappa shape index (κ3) is 4.69. The molecule has 1 heterocycles. The van der Waals surface area contributed by atoms with E-state index in [-0.39, 0.29) is 0 Å². The molecular formula is C19H38N2. The van der Waals surface area contributed by atoms with Crippen molar-refractivity contribution in [2.24, 2.45) is 23.7 Å². The Morgan fingerprint density at radius 1 is 1.05 bits per heavy atom. The molecule has 1 saturated carbocycles. The molecule has 124 valence electrons. The van der Waals surface area contributed by atoms with Crippen molar-refractivity contribution in [1.29, 1.82) is 0 Å². The van der Waals surface area contributed by atoms with Gasteiger partial charge >= 0.3 is 0 Å². The molecule has 0 aromatic heterocycles. The predicted molar refractivity (Wildman–Crippen MR) is 92.6 cm³/mol. The van der Waals surface area contributed by atoms with Crippen molar-refractivity contribution in [3.63, 3.8) is 0 Å². The Kier molecular flexibility index (Phi) is 6.55. The number of nitrogens with zero attached hydrogens (tertiary/aromatic N) is 1. The van der Waals surface area contributed by atoms with Crippen LogP contribution in [0.15, 0.2) is 0 Å². The Bertz CT molecular complexity index is 292. The molecule has 0 radical (unpaired) electrons. The standard InChI is InChI=1S/C19H38N2/c1-6-9-20-18-8-7-17(14(2)3)11-19(18)21-12-15(4)10-16(5)13-21/h14-20H,6-13H2,1-5H3. The second kappa shape index (κ2) is 7.97. The van der Waals surface area contributed by atoms with Crippen molar-refractivity contribution in [2.45, 2.75) is 78.8 Å². The van der Waals surface area contributed by atoms with E-state index in [9.17, 15) is 0 Å². The Morgan fingerprint density at radius 2 is 1.71 bits per heavy atom. The summed E-state index contributed by atoms with van der Waals surface area (Å²) in [7, 11) is 0. The first-order valence-corrected chi connectivity index (χ1v) is 9.48. The molecule has 1 aliphatic carbocycles. The molecule has 1 N–H and O–H groups in total. The lowest BCUT2D eigenvalue weighted by Gasteiger charge is -2.48. The molecule has 2 nitrogen and oxygen atoms in total. The number of likely N-dealkylation sites (tertiary alicyclic amines) is 1. The van der Waals surface area contributed by atoms with Crippen LogP contribution in [0.1, 0.15) is 66.7 Å². The van der Waals surface area contributed by atoms with Gasteiger partial charge in [-0.05, 0) is 62.3 Å². The van der Waals surface area contributed by atoms with Crippen molar-refractivity contribution < 1.29 is 0 Å². The van der Waals surface area contributed by atoms with Crippen LogP contribution in [-0.2, 0) is 0 Å². The van der Waals surface area contributed by atoms with Crippen LogP contribution in [0.3, 0.4) is 0 Å². The minimum Gasteiger partial charge on any atom is -0.312 e. The zero-order valence-electron chi connectivity index (χ0n) is 15.1. The van der Waals surface area contributed by atoms with E-state index < -0.39 is 0 Å². The minimum atomic E-state index is 0.734. The van der Waals surface area contributed by atoms with Crippen molar-refractivity contribution in [3.05, 3.63) is 0 Å². The molecule has 0 bridgehead atoms. The molecule has 0 amide bonds. The monoisotopic (exact) mass is 294 g/mol. The predicted octanol–water partition coefficient (Wildman–Crippen LogP) is 4.16. The fourth-order valence-corrected chi connectivity index (χ4v) is 4.74. The van der Waals surface area contributed by atoms with Gasteiger partial charge < -0.3 is 5.32 Å². The van der Waals surface area contributed by atoms with E-state index in [1.807, 2.05) is 0 Å². The molecule has 0 aromatic carbocycles. The van der Waals surface area contributed by atoms with Crippen LogP contribution in [0.2, 0.25) is 0 Å². The van der Waals surface area contributed by atoms with Crippen LogP contribution in [-0.4, -0.2) is 36.6 Å². The average Bonchev–Trinajstić information content (AvgIpc) is 2.43. The van der Waals surface area contributed by atoms with Gasteiger partial charge in [-0.2, -0.15) is 0 Å². The Hall–Kier alpha value is -0.0800. The van der Waals surface area contributed by atoms with Crippen molar-refractivity contribution in [1.82, 2.24) is 10.2 Å². The van der Waals surface area contributed by atoms with Gasteiger partial charge in [0.15, 0.2) is 0 Å². The summed E-state index contributed by atoms with van der Waals surface area (Å²) in [5.74, 6) is 3.53. The lowest BCUT2D eigenvalue weighted by molar-refractivity contribution is 0.0350. The highest BCUT2D eigenvalue weighted by Crippen LogP contribution is 2.35. The highest BCUT2D eigenvalue weighted by molar-refractivity contribution is 4.94. The van der Waals surface area contributed by atoms with Crippen LogP contribution in [0, 0.1) is 23.7 Å². The normalized spacial score (nSPS) is 38.9. The Balaban J connectivity index is 2.04. The van der Waals surface area contributed by atoms with E-state index in [1.54, 1.807) is 0 Å². The molecule has 2 aliphatic rings. The largest absolute Gasteiger partial charge is 0.312 e. The maximum absolute atomic E-state index is 3.87. The lowest BCUT2D eigenvalue weighted by atomic mass is 9.75. The van der Waals surface area contributed by atoms with Crippen LogP contribution in [0.4, 0.5) is 0 Å². The molecule has 0 spiro atoms. The molecular weight excluding hydrogens is 256 g/mol. The number of nitrogens with one attached hydrogen (secondary N) is 1. The van der Waals surface area contributed by atoms with Gasteiger partial charge in [0.2, 0.25) is 0 Å². The molecule has 5 unspecified atom stereocenters. The minimum absolute atomic E-state index is 0.734. The van der Waals surface area contributed by atoms with Crippen LogP contribution in [0.5, 0.6) is 0 Å². The van der Waals surface area contributed by atoms with E-state index in [0.29, 0.717) is 0 Å². The number of piperidine rings is 1. The van der Waals surface area contributed by atoms with Gasteiger partial charge in [-0.1, -0.05) is 34.6 Å². The van der Waals surface area contributed by atoms with E-state index in [2.05, 4.69) is 44.8 Å². The molecule has 2 heteroatoms. The topological polar surface area (TPSA) is 15.3 Å². The Morgan fingerprint density at radius 3 is 2.29 bits per heavy atom. The van der Waals surface area contributed by atoms with Gasteiger partial charge in [-0.15, -0.1) is 0 Å². The Labute approximate surface area is 133 Å². The van der Waals surface area contributed by atoms with E-state index in [0.717, 1.165) is 35.8 Å². The summed E-state index contributed by atoms with van der Waals surface area (Å²) in [6, 6.07) is 1.51. The highest BCUT2D eigenvalue weighted by Gasteiger charge is 2.37. The van der Waals surface area contributed by atoms with E-state index in [4.69, 9.17) is 0 Å². The third-order valence-corrected chi connectivity index (χ3v) is 5.82. The molecule has 2 fully saturated rings. The summed E-state index contributed by atoms with van der Waals surface area (Å²) >= 11 is 0. The van der Waals surface area contributed by atoms with E-state index >= 15 is 0 Å². The fourth-order valence-electron chi connectivity index (χ4n) is 4.74. The highest BCUT2D eigenvalue weighted by atomic mass is 15.2. The van der Waals surface area contributed by atoms with Crippen LogP contribution in [0.25, 0.3) is 0 Å². The van der Waals surface area contributed by atoms with Gasteiger partial charge in [0.05, 0.1) is 0 Å². The van der Waals surface area contributed by atoms with E-state index in [1.165, 1.54) is 51.7 Å². The molecule has 2 rings (SSSR count). The summed E-state index contributed by atoms with van der Waals surface area (Å²) in [4.78, 5) is 2.85. The first-order chi connectivity index (χ1) is 10.0. The second-order valence-electron chi connectivity index (χ2n) is 8.35. The first kappa shape index (κ1) is 17.3. The third-order valence-electron chi connectivity index (χ3n) is 5.82. The summed E-state index contributed by atoms with van der Waals surface area (Å²) in [6.07, 6.45) is 6.90. The van der Waals surface area contributed by atoms with Crippen LogP contribution >= 0.6 is 0 Å². The molecule has 1 saturated heterocycles. The summed E-state index contributed by atoms with van der Waals surface area (Å²) in [6.45, 7) is 15.8. The van der Waals surface area contributed by atoms with Gasteiger partial charge in [0.1, 0.15) is 0 Å². The maximum atomic E-state index is 3.87. The SMILES string of the molecule is CCCNC1CCC(C(C)C)CC1N1CC(C)CC(C)C1. The van der Waals surface area contributed by atoms with Crippen molar-refractivity contribution in [3.8, 4) is 0 Å². The van der Waals surface area contributed by atoms with Crippen molar-refractivity contribution in [2.75, 3.05) is 19.6 Å². The first-order valence-electron chi connectivity index (χ1n) is 9.48. The summed E-state index contributed by atoms with van der Waals surface area (Å²) in [5.41, 5.74) is 0. The zero-order valence-corrected chi connectivity index (χ0v) is 15.1. The molecule has 0 aromatic rings. The van der Waals surface area contributed by atoms with Crippen molar-refractivity contribution >= 4 is 0 Å². The second-order valence-corrected chi connectivity index (χ2v) is 8.35. The van der Waals surface area contributed by atoms with Gasteiger partial charge in [-0.3, -0.25) is 4.90 Å². The van der Waals surface area contributed by atoms with Gasteiger partial charge in [0.25, 0.3) is 0 Å². The summed E-state index contributed by atoms with van der Waals surface area (Å²) in [5, 5.41) is 3.87. The fraction of sp³-hybridized carbons (Fsp3) is 1.00. The zero-order chi connectivity index (χ0) is 15.4. The number of hydrogen-bond donors (Lipinski definition) is 1. The molecule has 5 atom stereocenters. The number of hydrogen-bond acceptors (Lipinski definition) is 2. The smallest absolute Gasteiger partial charge is 0.0252 e. The van der Waals surface area contributed by atoms with Gasteiger partial charge in [-0.25, -0.2) is 0 Å². The molecule has 21 heavy (non-hydrogen) atoms. The van der Waals surface area contributed by atoms with Gasteiger partial charge in [0, 0.05) is 25.2 Å². The molecule has 1 aliphatic heterocycles. The lowest BCUT2D eigenvalue weighted by Crippen LogP contribution is -2.57. The summed E-state index contributed by atoms with van der Waals surface area (Å²) < 4.78 is 0. The number of rotatable bonds is 5. The maximum Gasteiger partial charge on any atom is 0.0252 e.